The topological polar surface area (TPSA) is 45.8 Å². The molecule has 26 heavy (non-hydrogen) atoms. The van der Waals surface area contributed by atoms with Crippen LogP contribution in [0.4, 0.5) is 0 Å². The van der Waals surface area contributed by atoms with Crippen LogP contribution in [0.25, 0.3) is 0 Å². The highest BCUT2D eigenvalue weighted by atomic mass is 79.9. The number of nitrogens with zero attached hydrogens (tertiary/aromatic N) is 2. The highest BCUT2D eigenvalue weighted by Gasteiger charge is 2.35. The minimum absolute atomic E-state index is 0.177. The molecule has 4 rings (SSSR count). The Morgan fingerprint density at radius 1 is 1.12 bits per heavy atom. The zero-order valence-corrected chi connectivity index (χ0v) is 15.9. The fraction of sp³-hybridized carbons (Fsp3) is 0.100. The summed E-state index contributed by atoms with van der Waals surface area (Å²) in [5, 5.41) is 6.70. The Morgan fingerprint density at radius 2 is 1.88 bits per heavy atom. The summed E-state index contributed by atoms with van der Waals surface area (Å²) in [6.07, 6.45) is 2.18. The van der Waals surface area contributed by atoms with Gasteiger partial charge in [0.2, 0.25) is 0 Å². The van der Waals surface area contributed by atoms with E-state index in [-0.39, 0.29) is 11.9 Å². The lowest BCUT2D eigenvalue weighted by atomic mass is 10.0. The van der Waals surface area contributed by atoms with Gasteiger partial charge in [-0.25, -0.2) is 5.01 Å². The van der Waals surface area contributed by atoms with Crippen LogP contribution in [0.1, 0.15) is 34.1 Å². The van der Waals surface area contributed by atoms with Gasteiger partial charge in [0, 0.05) is 21.5 Å². The van der Waals surface area contributed by atoms with E-state index in [4.69, 9.17) is 16.0 Å². The molecule has 0 N–H and O–H groups in total. The lowest BCUT2D eigenvalue weighted by molar-refractivity contribution is 0.0710. The third kappa shape index (κ3) is 3.20. The zero-order valence-electron chi connectivity index (χ0n) is 13.6. The molecule has 0 spiro atoms. The molecule has 0 saturated heterocycles. The van der Waals surface area contributed by atoms with Gasteiger partial charge < -0.3 is 4.42 Å². The Labute approximate surface area is 164 Å². The molecule has 2 aromatic carbocycles. The van der Waals surface area contributed by atoms with Crippen LogP contribution in [0.3, 0.4) is 0 Å². The average molecular weight is 430 g/mol. The SMILES string of the molecule is O=C(c1ccc(Cl)cc1)N1N=C(c2ccco2)C[C@@H]1c1ccccc1Br. The maximum Gasteiger partial charge on any atom is 0.274 e. The van der Waals surface area contributed by atoms with Crippen molar-refractivity contribution >= 4 is 39.1 Å². The molecule has 0 saturated carbocycles. The second kappa shape index (κ2) is 7.09. The average Bonchev–Trinajstić information content (AvgIpc) is 3.32. The molecule has 0 bridgehead atoms. The van der Waals surface area contributed by atoms with Gasteiger partial charge in [0.25, 0.3) is 5.91 Å². The number of halogens is 2. The van der Waals surface area contributed by atoms with E-state index >= 15 is 0 Å². The van der Waals surface area contributed by atoms with Crippen molar-refractivity contribution in [2.75, 3.05) is 0 Å². The third-order valence-corrected chi connectivity index (χ3v) is 5.25. The van der Waals surface area contributed by atoms with E-state index in [1.807, 2.05) is 36.4 Å². The van der Waals surface area contributed by atoms with Gasteiger partial charge in [0.05, 0.1) is 12.3 Å². The van der Waals surface area contributed by atoms with E-state index in [9.17, 15) is 4.79 Å². The van der Waals surface area contributed by atoms with Crippen molar-refractivity contribution in [1.82, 2.24) is 5.01 Å². The quantitative estimate of drug-likeness (QED) is 0.537. The number of furan rings is 1. The third-order valence-electron chi connectivity index (χ3n) is 4.28. The first kappa shape index (κ1) is 17.1. The van der Waals surface area contributed by atoms with Crippen LogP contribution in [0.5, 0.6) is 0 Å². The van der Waals surface area contributed by atoms with E-state index in [1.54, 1.807) is 30.5 Å². The molecule has 3 aromatic rings. The minimum Gasteiger partial charge on any atom is -0.463 e. The van der Waals surface area contributed by atoms with Gasteiger partial charge >= 0.3 is 0 Å². The molecule has 6 heteroatoms. The highest BCUT2D eigenvalue weighted by Crippen LogP contribution is 2.37. The van der Waals surface area contributed by atoms with Crippen LogP contribution in [-0.2, 0) is 0 Å². The smallest absolute Gasteiger partial charge is 0.274 e. The Bertz CT molecular complexity index is 968. The maximum absolute atomic E-state index is 13.1. The van der Waals surface area contributed by atoms with Gasteiger partial charge in [-0.1, -0.05) is 45.7 Å². The molecule has 1 aromatic heterocycles. The Hall–Kier alpha value is -2.37. The molecule has 0 radical (unpaired) electrons. The molecule has 2 heterocycles. The van der Waals surface area contributed by atoms with Gasteiger partial charge in [-0.3, -0.25) is 4.79 Å². The molecule has 0 unspecified atom stereocenters. The summed E-state index contributed by atoms with van der Waals surface area (Å²) in [7, 11) is 0. The Morgan fingerprint density at radius 3 is 2.58 bits per heavy atom. The fourth-order valence-corrected chi connectivity index (χ4v) is 3.68. The summed E-state index contributed by atoms with van der Waals surface area (Å²) >= 11 is 9.53. The standard InChI is InChI=1S/C20H14BrClN2O2/c21-16-5-2-1-4-15(16)18-12-17(19-6-3-11-26-19)23-24(18)20(25)13-7-9-14(22)10-8-13/h1-11,18H,12H2/t18-/m1/s1. The zero-order chi connectivity index (χ0) is 18.1. The molecule has 1 amide bonds. The van der Waals surface area contributed by atoms with E-state index in [1.165, 1.54) is 5.01 Å². The molecule has 1 aliphatic heterocycles. The number of rotatable bonds is 3. The summed E-state index contributed by atoms with van der Waals surface area (Å²) < 4.78 is 6.42. The molecule has 0 fully saturated rings. The summed E-state index contributed by atoms with van der Waals surface area (Å²) in [6, 6.07) is 18.1. The Kier molecular flexibility index (Phi) is 4.66. The molecule has 1 atom stereocenters. The number of hydrogen-bond acceptors (Lipinski definition) is 3. The second-order valence-electron chi connectivity index (χ2n) is 5.92. The summed E-state index contributed by atoms with van der Waals surface area (Å²) in [5.74, 6) is 0.498. The van der Waals surface area contributed by atoms with Crippen molar-refractivity contribution in [3.63, 3.8) is 0 Å². The monoisotopic (exact) mass is 428 g/mol. The van der Waals surface area contributed by atoms with Crippen molar-refractivity contribution in [3.05, 3.63) is 93.3 Å². The van der Waals surface area contributed by atoms with Gasteiger partial charge in [-0.2, -0.15) is 5.10 Å². The van der Waals surface area contributed by atoms with Crippen molar-refractivity contribution in [3.8, 4) is 0 Å². The van der Waals surface area contributed by atoms with Gasteiger partial charge in [0.1, 0.15) is 11.5 Å². The molecule has 1 aliphatic rings. The fourth-order valence-electron chi connectivity index (χ4n) is 3.00. The van der Waals surface area contributed by atoms with Gasteiger partial charge in [-0.15, -0.1) is 0 Å². The van der Waals surface area contributed by atoms with Crippen LogP contribution in [0.15, 0.2) is 80.9 Å². The predicted molar refractivity (Wildman–Crippen MR) is 104 cm³/mol. The molecular formula is C20H14BrClN2O2. The van der Waals surface area contributed by atoms with Crippen LogP contribution < -0.4 is 0 Å². The predicted octanol–water partition coefficient (Wildman–Crippen LogP) is 5.69. The maximum atomic E-state index is 13.1. The van der Waals surface area contributed by atoms with Crippen molar-refractivity contribution in [1.29, 1.82) is 0 Å². The van der Waals surface area contributed by atoms with Gasteiger partial charge in [0.15, 0.2) is 0 Å². The van der Waals surface area contributed by atoms with Gasteiger partial charge in [-0.05, 0) is 48.0 Å². The summed E-state index contributed by atoms with van der Waals surface area (Å²) in [6.45, 7) is 0. The van der Waals surface area contributed by atoms with Crippen molar-refractivity contribution < 1.29 is 9.21 Å². The lowest BCUT2D eigenvalue weighted by Crippen LogP contribution is -2.27. The highest BCUT2D eigenvalue weighted by molar-refractivity contribution is 9.10. The first-order valence-electron chi connectivity index (χ1n) is 8.08. The second-order valence-corrected chi connectivity index (χ2v) is 7.21. The minimum atomic E-state index is -0.214. The van der Waals surface area contributed by atoms with E-state index in [0.29, 0.717) is 22.8 Å². The number of hydrogen-bond donors (Lipinski definition) is 0. The number of hydrazone groups is 1. The van der Waals surface area contributed by atoms with Crippen LogP contribution in [0.2, 0.25) is 5.02 Å². The van der Waals surface area contributed by atoms with Crippen molar-refractivity contribution in [2.24, 2.45) is 5.10 Å². The normalized spacial score (nSPS) is 16.6. The van der Waals surface area contributed by atoms with E-state index in [0.717, 1.165) is 15.7 Å². The number of benzene rings is 2. The summed E-state index contributed by atoms with van der Waals surface area (Å²) in [5.41, 5.74) is 2.29. The first-order chi connectivity index (χ1) is 12.6. The number of carbonyl (C=O) groups excluding carboxylic acids is 1. The largest absolute Gasteiger partial charge is 0.463 e. The molecule has 130 valence electrons. The molecule has 4 nitrogen and oxygen atoms in total. The van der Waals surface area contributed by atoms with Crippen LogP contribution in [-0.4, -0.2) is 16.6 Å². The summed E-state index contributed by atoms with van der Waals surface area (Å²) in [4.78, 5) is 13.1. The molecule has 0 aliphatic carbocycles. The molecular weight excluding hydrogens is 416 g/mol. The first-order valence-corrected chi connectivity index (χ1v) is 9.25. The van der Waals surface area contributed by atoms with Crippen molar-refractivity contribution in [2.45, 2.75) is 12.5 Å². The van der Waals surface area contributed by atoms with E-state index < -0.39 is 0 Å². The number of carbonyl (C=O) groups is 1. The Balaban J connectivity index is 1.74. The van der Waals surface area contributed by atoms with Crippen LogP contribution >= 0.6 is 27.5 Å². The van der Waals surface area contributed by atoms with Crippen LogP contribution in [0, 0.1) is 0 Å². The lowest BCUT2D eigenvalue weighted by Gasteiger charge is -2.23. The number of amides is 1. The van der Waals surface area contributed by atoms with E-state index in [2.05, 4.69) is 21.0 Å².